The molecule has 5 aromatic rings. The molecule has 3 N–H and O–H groups in total. The van der Waals surface area contributed by atoms with Gasteiger partial charge in [0.1, 0.15) is 28.9 Å². The Balaban J connectivity index is 1.40. The van der Waals surface area contributed by atoms with E-state index in [1.54, 1.807) is 35.1 Å². The van der Waals surface area contributed by atoms with E-state index < -0.39 is 0 Å². The molecule has 3 heterocycles. The fourth-order valence-corrected chi connectivity index (χ4v) is 5.06. The van der Waals surface area contributed by atoms with Gasteiger partial charge in [0.05, 0.1) is 5.69 Å². The maximum absolute atomic E-state index is 13.3. The Labute approximate surface area is 209 Å². The van der Waals surface area contributed by atoms with E-state index in [4.69, 9.17) is 33.9 Å². The molecule has 9 nitrogen and oxygen atoms in total. The molecule has 35 heavy (non-hydrogen) atoms. The third-order valence-electron chi connectivity index (χ3n) is 6.24. The zero-order valence-electron chi connectivity index (χ0n) is 18.2. The summed E-state index contributed by atoms with van der Waals surface area (Å²) in [6.07, 6.45) is 4.52. The summed E-state index contributed by atoms with van der Waals surface area (Å²) in [5, 5.41) is 25.7. The molecule has 0 saturated carbocycles. The molecule has 6 rings (SSSR count). The van der Waals surface area contributed by atoms with Crippen molar-refractivity contribution >= 4 is 28.9 Å². The number of rotatable bonds is 4. The summed E-state index contributed by atoms with van der Waals surface area (Å²) in [6.45, 7) is 0. The van der Waals surface area contributed by atoms with Crippen molar-refractivity contribution in [2.45, 2.75) is 18.8 Å². The standard InChI is InChI=1S/C24H18Cl2N8O/c25-16-4-8-20(33-12-28-31-32-33)19(10-16)15-9-14-3-7-18(22(14)34(35)11-15)24-29-21(23(26)30-24)13-1-5-17(27)6-2-13/h1-2,4-6,8-12,18H,3,7,27H2,(H,29,30)/t18-/m1/s1. The van der Waals surface area contributed by atoms with Gasteiger partial charge >= 0.3 is 0 Å². The van der Waals surface area contributed by atoms with Gasteiger partial charge in [-0.25, -0.2) is 4.98 Å². The first-order valence-corrected chi connectivity index (χ1v) is 11.6. The Bertz CT molecular complexity index is 1550. The monoisotopic (exact) mass is 504 g/mol. The maximum Gasteiger partial charge on any atom is 0.206 e. The molecule has 0 saturated heterocycles. The van der Waals surface area contributed by atoms with Gasteiger partial charge in [-0.3, -0.25) is 0 Å². The van der Waals surface area contributed by atoms with Crippen molar-refractivity contribution in [1.82, 2.24) is 30.2 Å². The number of nitrogens with zero attached hydrogens (tertiary/aromatic N) is 6. The van der Waals surface area contributed by atoms with E-state index in [1.165, 1.54) is 6.33 Å². The molecule has 174 valence electrons. The minimum atomic E-state index is -0.199. The summed E-state index contributed by atoms with van der Waals surface area (Å²) >= 11 is 12.8. The number of hydrogen-bond donors (Lipinski definition) is 2. The number of nitrogens with two attached hydrogens (primary N) is 1. The van der Waals surface area contributed by atoms with E-state index in [2.05, 4.69) is 20.5 Å². The van der Waals surface area contributed by atoms with E-state index in [9.17, 15) is 5.21 Å². The third kappa shape index (κ3) is 3.78. The Hall–Kier alpha value is -3.95. The summed E-state index contributed by atoms with van der Waals surface area (Å²) in [5.41, 5.74) is 11.8. The van der Waals surface area contributed by atoms with Crippen LogP contribution in [0.4, 0.5) is 5.69 Å². The van der Waals surface area contributed by atoms with Crippen molar-refractivity contribution in [3.63, 3.8) is 0 Å². The van der Waals surface area contributed by atoms with Crippen LogP contribution < -0.4 is 10.5 Å². The second-order valence-electron chi connectivity index (χ2n) is 8.38. The highest BCUT2D eigenvalue weighted by molar-refractivity contribution is 6.32. The lowest BCUT2D eigenvalue weighted by molar-refractivity contribution is -0.614. The van der Waals surface area contributed by atoms with E-state index in [1.807, 2.05) is 24.3 Å². The number of aromatic amines is 1. The molecule has 3 aromatic heterocycles. The van der Waals surface area contributed by atoms with Gasteiger partial charge in [-0.15, -0.1) is 5.10 Å². The van der Waals surface area contributed by atoms with Crippen molar-refractivity contribution < 1.29 is 4.73 Å². The summed E-state index contributed by atoms with van der Waals surface area (Å²) in [5.74, 6) is 0.463. The van der Waals surface area contributed by atoms with Gasteiger partial charge in [0.25, 0.3) is 0 Å². The van der Waals surface area contributed by atoms with Crippen LogP contribution in [0.5, 0.6) is 0 Å². The highest BCUT2D eigenvalue weighted by atomic mass is 35.5. The zero-order valence-corrected chi connectivity index (χ0v) is 19.7. The van der Waals surface area contributed by atoms with Crippen molar-refractivity contribution in [2.24, 2.45) is 0 Å². The summed E-state index contributed by atoms with van der Waals surface area (Å²) < 4.78 is 2.46. The number of nitrogens with one attached hydrogen (secondary N) is 1. The smallest absolute Gasteiger partial charge is 0.206 e. The summed E-state index contributed by atoms with van der Waals surface area (Å²) in [6, 6.07) is 14.8. The van der Waals surface area contributed by atoms with E-state index >= 15 is 0 Å². The molecule has 0 amide bonds. The lowest BCUT2D eigenvalue weighted by atomic mass is 10.0. The average Bonchev–Trinajstić information content (AvgIpc) is 3.59. The highest BCUT2D eigenvalue weighted by Crippen LogP contribution is 2.39. The molecule has 2 aromatic carbocycles. The van der Waals surface area contributed by atoms with E-state index in [0.717, 1.165) is 45.5 Å². The van der Waals surface area contributed by atoms with Crippen LogP contribution in [0.15, 0.2) is 61.1 Å². The lowest BCUT2D eigenvalue weighted by Gasteiger charge is -2.13. The predicted molar refractivity (Wildman–Crippen MR) is 132 cm³/mol. The Morgan fingerprint density at radius 3 is 2.69 bits per heavy atom. The van der Waals surface area contributed by atoms with Gasteiger partial charge in [-0.2, -0.15) is 9.41 Å². The quantitative estimate of drug-likeness (QED) is 0.213. The van der Waals surface area contributed by atoms with Crippen LogP contribution >= 0.6 is 23.2 Å². The fraction of sp³-hybridized carbons (Fsp3) is 0.125. The van der Waals surface area contributed by atoms with Crippen LogP contribution in [-0.2, 0) is 6.42 Å². The molecule has 1 aliphatic rings. The van der Waals surface area contributed by atoms with Gasteiger partial charge in [-0.05, 0) is 59.7 Å². The van der Waals surface area contributed by atoms with Crippen molar-refractivity contribution in [2.75, 3.05) is 5.73 Å². The minimum Gasteiger partial charge on any atom is -0.618 e. The first-order chi connectivity index (χ1) is 17.0. The second-order valence-corrected chi connectivity index (χ2v) is 9.19. The largest absolute Gasteiger partial charge is 0.618 e. The number of aromatic nitrogens is 7. The minimum absolute atomic E-state index is 0.199. The second kappa shape index (κ2) is 8.37. The van der Waals surface area contributed by atoms with Crippen molar-refractivity contribution in [1.29, 1.82) is 0 Å². The Morgan fingerprint density at radius 1 is 1.09 bits per heavy atom. The molecule has 0 fully saturated rings. The Kier molecular flexibility index (Phi) is 5.16. The lowest BCUT2D eigenvalue weighted by Crippen LogP contribution is -2.33. The molecule has 1 aliphatic carbocycles. The maximum atomic E-state index is 13.3. The number of pyridine rings is 1. The van der Waals surface area contributed by atoms with E-state index in [-0.39, 0.29) is 5.92 Å². The van der Waals surface area contributed by atoms with Crippen molar-refractivity contribution in [3.05, 3.63) is 93.5 Å². The molecule has 11 heteroatoms. The normalized spacial score (nSPS) is 14.9. The Morgan fingerprint density at radius 2 is 1.91 bits per heavy atom. The van der Waals surface area contributed by atoms with Crippen LogP contribution in [0.3, 0.4) is 0 Å². The van der Waals surface area contributed by atoms with Crippen LogP contribution in [0, 0.1) is 5.21 Å². The summed E-state index contributed by atoms with van der Waals surface area (Å²) in [4.78, 5) is 7.93. The number of imidazole rings is 1. The van der Waals surface area contributed by atoms with Gasteiger partial charge < -0.3 is 15.9 Å². The molecule has 0 radical (unpaired) electrons. The molecular weight excluding hydrogens is 487 g/mol. The molecular formula is C24H18Cl2N8O. The number of hydrogen-bond acceptors (Lipinski definition) is 6. The van der Waals surface area contributed by atoms with Gasteiger partial charge in [0.2, 0.25) is 5.69 Å². The average molecular weight is 505 g/mol. The zero-order chi connectivity index (χ0) is 24.1. The molecule has 1 atom stereocenters. The van der Waals surface area contributed by atoms with Gasteiger partial charge in [0, 0.05) is 33.0 Å². The number of tetrazole rings is 1. The van der Waals surface area contributed by atoms with Crippen LogP contribution in [0.1, 0.15) is 29.4 Å². The molecule has 0 spiro atoms. The van der Waals surface area contributed by atoms with Crippen LogP contribution in [-0.4, -0.2) is 30.2 Å². The fourth-order valence-electron chi connectivity index (χ4n) is 4.64. The number of aryl methyl sites for hydroxylation is 1. The number of anilines is 1. The van der Waals surface area contributed by atoms with E-state index in [0.29, 0.717) is 33.1 Å². The third-order valence-corrected chi connectivity index (χ3v) is 6.75. The number of benzene rings is 2. The summed E-state index contributed by atoms with van der Waals surface area (Å²) in [7, 11) is 0. The SMILES string of the molecule is Nc1ccc(-c2nc([C@@H]3CCc4cc(-c5cc(Cl)ccc5-n5cnnn5)c[n+]([O-])c43)[nH]c2Cl)cc1. The number of nitrogen functional groups attached to an aromatic ring is 1. The molecule has 0 bridgehead atoms. The number of H-pyrrole nitrogens is 1. The predicted octanol–water partition coefficient (Wildman–Crippen LogP) is 4.32. The molecule has 0 unspecified atom stereocenters. The van der Waals surface area contributed by atoms with Crippen molar-refractivity contribution in [3.8, 4) is 28.1 Å². The number of halogens is 2. The van der Waals surface area contributed by atoms with Gasteiger partial charge in [-0.1, -0.05) is 35.3 Å². The molecule has 0 aliphatic heterocycles. The topological polar surface area (TPSA) is 125 Å². The highest BCUT2D eigenvalue weighted by Gasteiger charge is 2.35. The first-order valence-electron chi connectivity index (χ1n) is 10.9. The number of fused-ring (bicyclic) bond motifs is 1. The van der Waals surface area contributed by atoms with Crippen LogP contribution in [0.25, 0.3) is 28.1 Å². The van der Waals surface area contributed by atoms with Crippen LogP contribution in [0.2, 0.25) is 10.2 Å². The van der Waals surface area contributed by atoms with Gasteiger partial charge in [0.15, 0.2) is 6.20 Å². The first kappa shape index (κ1) is 21.6.